The number of benzene rings is 1. The molecule has 21 heavy (non-hydrogen) atoms. The molecule has 1 heterocycles. The van der Waals surface area contributed by atoms with E-state index in [1.807, 2.05) is 0 Å². The van der Waals surface area contributed by atoms with Crippen LogP contribution in [0.15, 0.2) is 33.6 Å². The number of sulfone groups is 1. The Kier molecular flexibility index (Phi) is 3.87. The molecule has 0 atom stereocenters. The van der Waals surface area contributed by atoms with Crippen molar-refractivity contribution in [3.63, 3.8) is 0 Å². The summed E-state index contributed by atoms with van der Waals surface area (Å²) in [6.45, 7) is 3.31. The number of carbonyl (C=O) groups excluding carboxylic acids is 1. The average Bonchev–Trinajstić information content (AvgIpc) is 2.70. The first-order valence-electron chi connectivity index (χ1n) is 6.06. The van der Waals surface area contributed by atoms with Crippen LogP contribution in [0.1, 0.15) is 21.9 Å². The molecule has 2 aromatic rings. The summed E-state index contributed by atoms with van der Waals surface area (Å²) in [6.07, 6.45) is 1.01. The predicted molar refractivity (Wildman–Crippen MR) is 75.6 cm³/mol. The summed E-state index contributed by atoms with van der Waals surface area (Å²) in [5.74, 6) is -0.310. The minimum atomic E-state index is -3.48. The van der Waals surface area contributed by atoms with Crippen LogP contribution in [0.5, 0.6) is 0 Å². The third-order valence-electron chi connectivity index (χ3n) is 2.90. The van der Waals surface area contributed by atoms with Crippen molar-refractivity contribution in [2.45, 2.75) is 18.7 Å². The molecule has 0 fully saturated rings. The molecule has 0 unspecified atom stereocenters. The normalized spacial score (nSPS) is 11.4. The van der Waals surface area contributed by atoms with E-state index >= 15 is 0 Å². The van der Waals surface area contributed by atoms with Gasteiger partial charge in [-0.1, -0.05) is 0 Å². The van der Waals surface area contributed by atoms with Gasteiger partial charge < -0.3 is 9.73 Å². The van der Waals surface area contributed by atoms with Crippen molar-refractivity contribution in [1.29, 1.82) is 0 Å². The van der Waals surface area contributed by atoms with Crippen molar-refractivity contribution in [3.8, 4) is 0 Å². The summed E-state index contributed by atoms with van der Waals surface area (Å²) < 4.78 is 41.9. The maximum absolute atomic E-state index is 13.7. The minimum Gasteiger partial charge on any atom is -0.466 e. The van der Waals surface area contributed by atoms with Gasteiger partial charge in [0.2, 0.25) is 0 Å². The highest BCUT2D eigenvalue weighted by Gasteiger charge is 2.17. The molecular formula is C14H14FNO4S. The molecule has 0 aliphatic rings. The van der Waals surface area contributed by atoms with Gasteiger partial charge in [0, 0.05) is 6.26 Å². The fraction of sp³-hybridized carbons (Fsp3) is 0.214. The highest BCUT2D eigenvalue weighted by molar-refractivity contribution is 7.90. The third kappa shape index (κ3) is 3.30. The fourth-order valence-corrected chi connectivity index (χ4v) is 2.52. The number of aryl methyl sites for hydroxylation is 2. The number of furan rings is 1. The number of carbonyl (C=O) groups is 1. The van der Waals surface area contributed by atoms with Gasteiger partial charge in [-0.25, -0.2) is 12.8 Å². The molecule has 0 radical (unpaired) electrons. The second-order valence-corrected chi connectivity index (χ2v) is 6.71. The predicted octanol–water partition coefficient (Wildman–Crippen LogP) is 2.69. The Labute approximate surface area is 121 Å². The molecule has 5 nitrogen and oxygen atoms in total. The Morgan fingerprint density at radius 3 is 2.43 bits per heavy atom. The minimum absolute atomic E-state index is 0.0701. The first-order chi connectivity index (χ1) is 9.68. The lowest BCUT2D eigenvalue weighted by atomic mass is 10.2. The zero-order valence-electron chi connectivity index (χ0n) is 11.7. The number of anilines is 1. The molecule has 0 saturated carbocycles. The van der Waals surface area contributed by atoms with E-state index in [1.54, 1.807) is 13.8 Å². The largest absolute Gasteiger partial charge is 0.466 e. The van der Waals surface area contributed by atoms with E-state index in [9.17, 15) is 17.6 Å². The molecule has 0 aliphatic carbocycles. The monoisotopic (exact) mass is 311 g/mol. The molecule has 0 bridgehead atoms. The van der Waals surface area contributed by atoms with Gasteiger partial charge in [0.05, 0.1) is 16.1 Å². The van der Waals surface area contributed by atoms with Gasteiger partial charge in [-0.15, -0.1) is 0 Å². The van der Waals surface area contributed by atoms with E-state index in [4.69, 9.17) is 4.42 Å². The van der Waals surface area contributed by atoms with Gasteiger partial charge in [0.1, 0.15) is 17.3 Å². The summed E-state index contributed by atoms with van der Waals surface area (Å²) >= 11 is 0. The smallest absolute Gasteiger partial charge is 0.259 e. The van der Waals surface area contributed by atoms with Crippen LogP contribution in [-0.2, 0) is 9.84 Å². The molecule has 0 spiro atoms. The molecule has 1 amide bonds. The molecule has 1 aromatic carbocycles. The van der Waals surface area contributed by atoms with Crippen LogP contribution in [0.4, 0.5) is 10.1 Å². The Hall–Kier alpha value is -2.15. The Bertz CT molecular complexity index is 808. The highest BCUT2D eigenvalue weighted by Crippen LogP contribution is 2.21. The Morgan fingerprint density at radius 1 is 1.24 bits per heavy atom. The second-order valence-electron chi connectivity index (χ2n) is 4.69. The number of halogens is 1. The van der Waals surface area contributed by atoms with Crippen LogP contribution < -0.4 is 5.32 Å². The van der Waals surface area contributed by atoms with E-state index in [-0.39, 0.29) is 16.1 Å². The molecule has 7 heteroatoms. The summed E-state index contributed by atoms with van der Waals surface area (Å²) in [4.78, 5) is 12.0. The van der Waals surface area contributed by atoms with Crippen LogP contribution in [-0.4, -0.2) is 20.6 Å². The Balaban J connectivity index is 2.35. The van der Waals surface area contributed by atoms with Crippen LogP contribution >= 0.6 is 0 Å². The summed E-state index contributed by atoms with van der Waals surface area (Å²) in [6, 6.07) is 4.76. The molecule has 0 saturated heterocycles. The topological polar surface area (TPSA) is 76.4 Å². The SMILES string of the molecule is Cc1cc(C(=O)Nc2cc(S(C)(=O)=O)ccc2F)c(C)o1. The quantitative estimate of drug-likeness (QED) is 0.884. The third-order valence-corrected chi connectivity index (χ3v) is 4.01. The molecule has 1 N–H and O–H groups in total. The lowest BCUT2D eigenvalue weighted by molar-refractivity contribution is 0.102. The van der Waals surface area contributed by atoms with Gasteiger partial charge in [-0.2, -0.15) is 0 Å². The van der Waals surface area contributed by atoms with Crippen molar-refractivity contribution in [2.24, 2.45) is 0 Å². The standard InChI is InChI=1S/C14H14FNO4S/c1-8-6-11(9(2)20-8)14(17)16-13-7-10(21(3,18)19)4-5-12(13)15/h4-7H,1-3H3,(H,16,17). The maximum atomic E-state index is 13.7. The van der Waals surface area contributed by atoms with Gasteiger partial charge in [0.15, 0.2) is 9.84 Å². The fourth-order valence-electron chi connectivity index (χ4n) is 1.88. The lowest BCUT2D eigenvalue weighted by Crippen LogP contribution is -2.14. The van der Waals surface area contributed by atoms with Crippen LogP contribution in [0.25, 0.3) is 0 Å². The zero-order valence-corrected chi connectivity index (χ0v) is 12.5. The van der Waals surface area contributed by atoms with Gasteiger partial charge in [-0.05, 0) is 38.1 Å². The zero-order chi connectivity index (χ0) is 15.8. The molecule has 112 valence electrons. The van der Waals surface area contributed by atoms with Crippen LogP contribution in [0, 0.1) is 19.7 Å². The lowest BCUT2D eigenvalue weighted by Gasteiger charge is -2.07. The molecule has 1 aromatic heterocycles. The summed E-state index contributed by atoms with van der Waals surface area (Å²) in [5.41, 5.74) is 0.0813. The van der Waals surface area contributed by atoms with Crippen LogP contribution in [0.2, 0.25) is 0 Å². The molecule has 0 aliphatic heterocycles. The van der Waals surface area contributed by atoms with Crippen molar-refractivity contribution in [1.82, 2.24) is 0 Å². The summed E-state index contributed by atoms with van der Waals surface area (Å²) in [7, 11) is -3.48. The molecule has 2 rings (SSSR count). The number of hydrogen-bond acceptors (Lipinski definition) is 4. The van der Waals surface area contributed by atoms with Crippen molar-refractivity contribution < 1.29 is 22.0 Å². The first kappa shape index (κ1) is 15.2. The van der Waals surface area contributed by atoms with E-state index in [2.05, 4.69) is 5.32 Å². The van der Waals surface area contributed by atoms with Crippen LogP contribution in [0.3, 0.4) is 0 Å². The number of nitrogens with one attached hydrogen (secondary N) is 1. The van der Waals surface area contributed by atoms with Crippen molar-refractivity contribution >= 4 is 21.4 Å². The van der Waals surface area contributed by atoms with E-state index in [1.165, 1.54) is 6.07 Å². The number of hydrogen-bond donors (Lipinski definition) is 1. The number of rotatable bonds is 3. The van der Waals surface area contributed by atoms with Gasteiger partial charge >= 0.3 is 0 Å². The van der Waals surface area contributed by atoms with E-state index < -0.39 is 21.6 Å². The maximum Gasteiger partial charge on any atom is 0.259 e. The van der Waals surface area contributed by atoms with Crippen molar-refractivity contribution in [2.75, 3.05) is 11.6 Å². The van der Waals surface area contributed by atoms with E-state index in [0.717, 1.165) is 24.5 Å². The van der Waals surface area contributed by atoms with Crippen molar-refractivity contribution in [3.05, 3.63) is 47.2 Å². The van der Waals surface area contributed by atoms with Gasteiger partial charge in [-0.3, -0.25) is 4.79 Å². The second kappa shape index (κ2) is 5.33. The average molecular weight is 311 g/mol. The molecular weight excluding hydrogens is 297 g/mol. The van der Waals surface area contributed by atoms with E-state index in [0.29, 0.717) is 11.5 Å². The van der Waals surface area contributed by atoms with Gasteiger partial charge in [0.25, 0.3) is 5.91 Å². The summed E-state index contributed by atoms with van der Waals surface area (Å²) in [5, 5.41) is 2.35. The number of amides is 1. The highest BCUT2D eigenvalue weighted by atomic mass is 32.2. The first-order valence-corrected chi connectivity index (χ1v) is 7.95. The Morgan fingerprint density at radius 2 is 1.90 bits per heavy atom.